The largest absolute Gasteiger partial charge is 0.418 e. The third-order valence-electron chi connectivity index (χ3n) is 4.22. The van der Waals surface area contributed by atoms with Gasteiger partial charge in [0.25, 0.3) is 5.56 Å². The van der Waals surface area contributed by atoms with E-state index in [1.54, 1.807) is 17.2 Å². The van der Waals surface area contributed by atoms with Crippen molar-refractivity contribution in [2.75, 3.05) is 24.2 Å². The normalized spacial score (nSPS) is 14.5. The van der Waals surface area contributed by atoms with Crippen molar-refractivity contribution < 1.29 is 13.2 Å². The maximum absolute atomic E-state index is 13.6. The summed E-state index contributed by atoms with van der Waals surface area (Å²) < 4.78 is 40.9. The van der Waals surface area contributed by atoms with E-state index in [0.717, 1.165) is 30.7 Å². The number of nitrogens with one attached hydrogen (secondary N) is 1. The van der Waals surface area contributed by atoms with E-state index in [2.05, 4.69) is 9.97 Å². The van der Waals surface area contributed by atoms with E-state index in [1.165, 1.54) is 12.1 Å². The molecule has 1 aliphatic heterocycles. The molecule has 2 aromatic rings. The number of hydrogen-bond acceptors (Lipinski definition) is 5. The van der Waals surface area contributed by atoms with Crippen molar-refractivity contribution in [3.63, 3.8) is 0 Å². The monoisotopic (exact) mass is 380 g/mol. The topological polar surface area (TPSA) is 72.8 Å². The van der Waals surface area contributed by atoms with Crippen molar-refractivity contribution >= 4 is 17.4 Å². The summed E-state index contributed by atoms with van der Waals surface area (Å²) in [6, 6.07) is 5.58. The van der Waals surface area contributed by atoms with E-state index in [1.807, 2.05) is 0 Å². The Labute approximate surface area is 151 Å². The summed E-state index contributed by atoms with van der Waals surface area (Å²) in [4.78, 5) is 20.3. The minimum atomic E-state index is -4.55. The summed E-state index contributed by atoms with van der Waals surface area (Å²) in [6.45, 7) is 1.15. The summed E-state index contributed by atoms with van der Waals surface area (Å²) in [6.07, 6.45) is -1.18. The van der Waals surface area contributed by atoms with Crippen LogP contribution in [-0.4, -0.2) is 29.3 Å². The molecule has 5 nitrogen and oxygen atoms in total. The van der Waals surface area contributed by atoms with E-state index in [9.17, 15) is 23.2 Å². The highest BCUT2D eigenvalue weighted by Gasteiger charge is 2.36. The van der Waals surface area contributed by atoms with E-state index >= 15 is 0 Å². The first kappa shape index (κ1) is 18.3. The number of hydrogen-bond donors (Lipinski definition) is 1. The molecular formula is C17H15F3N4OS. The molecule has 136 valence electrons. The van der Waals surface area contributed by atoms with Crippen molar-refractivity contribution in [1.82, 2.24) is 9.97 Å². The number of nitrogens with zero attached hydrogens (tertiary/aromatic N) is 3. The van der Waals surface area contributed by atoms with Crippen molar-refractivity contribution in [3.05, 3.63) is 39.7 Å². The highest BCUT2D eigenvalue weighted by Crippen LogP contribution is 2.40. The summed E-state index contributed by atoms with van der Waals surface area (Å²) in [5.41, 5.74) is -1.58. The van der Waals surface area contributed by atoms with Crippen molar-refractivity contribution in [1.29, 1.82) is 5.26 Å². The summed E-state index contributed by atoms with van der Waals surface area (Å²) in [7, 11) is 0. The lowest BCUT2D eigenvalue weighted by atomic mass is 10.0. The van der Waals surface area contributed by atoms with Crippen LogP contribution in [0, 0.1) is 11.3 Å². The first-order valence-corrected chi connectivity index (χ1v) is 9.12. The molecule has 1 N–H and O–H groups in total. The average Bonchev–Trinajstić information content (AvgIpc) is 3.14. The smallest absolute Gasteiger partial charge is 0.371 e. The molecule has 1 saturated heterocycles. The molecule has 26 heavy (non-hydrogen) atoms. The van der Waals surface area contributed by atoms with Gasteiger partial charge in [-0.3, -0.25) is 4.79 Å². The highest BCUT2D eigenvalue weighted by molar-refractivity contribution is 7.98. The SMILES string of the molecule is CSc1nc(-c2ccc(N3CCCC3)c(C(F)(F)F)c2)c(C#N)c(=O)[nH]1. The average molecular weight is 380 g/mol. The second-order valence-electron chi connectivity index (χ2n) is 5.83. The van der Waals surface area contributed by atoms with Gasteiger partial charge in [0.05, 0.1) is 11.3 Å². The Morgan fingerprint density at radius 2 is 2.00 bits per heavy atom. The predicted molar refractivity (Wildman–Crippen MR) is 93.2 cm³/mol. The molecule has 0 aliphatic carbocycles. The lowest BCUT2D eigenvalue weighted by Gasteiger charge is -2.23. The molecule has 1 aromatic carbocycles. The van der Waals surface area contributed by atoms with Crippen LogP contribution in [0.25, 0.3) is 11.3 Å². The molecule has 1 aliphatic rings. The Bertz CT molecular complexity index is 927. The fourth-order valence-corrected chi connectivity index (χ4v) is 3.38. The molecule has 9 heteroatoms. The van der Waals surface area contributed by atoms with Crippen molar-refractivity contribution in [2.24, 2.45) is 0 Å². The maximum Gasteiger partial charge on any atom is 0.418 e. The van der Waals surface area contributed by atoms with Gasteiger partial charge in [0, 0.05) is 24.3 Å². The number of halogens is 3. The Hall–Kier alpha value is -2.47. The molecule has 0 radical (unpaired) electrons. The summed E-state index contributed by atoms with van der Waals surface area (Å²) in [5, 5.41) is 9.47. The highest BCUT2D eigenvalue weighted by atomic mass is 32.2. The maximum atomic E-state index is 13.6. The zero-order valence-electron chi connectivity index (χ0n) is 13.9. The van der Waals surface area contributed by atoms with Gasteiger partial charge in [-0.1, -0.05) is 17.8 Å². The van der Waals surface area contributed by atoms with Gasteiger partial charge in [0.15, 0.2) is 5.16 Å². The first-order chi connectivity index (χ1) is 12.3. The van der Waals surface area contributed by atoms with Crippen LogP contribution in [0.3, 0.4) is 0 Å². The lowest BCUT2D eigenvalue weighted by molar-refractivity contribution is -0.137. The third kappa shape index (κ3) is 3.42. The number of rotatable bonds is 3. The van der Waals surface area contributed by atoms with Crippen molar-refractivity contribution in [3.8, 4) is 17.3 Å². The standard InChI is InChI=1S/C17H15F3N4OS/c1-26-16-22-14(11(9-21)15(25)23-16)10-4-5-13(24-6-2-3-7-24)12(8-10)17(18,19)20/h4-5,8H,2-3,6-7H2,1H3,(H,22,23,25). The number of benzene rings is 1. The molecule has 3 rings (SSSR count). The molecule has 0 atom stereocenters. The number of aromatic nitrogens is 2. The number of aromatic amines is 1. The molecular weight excluding hydrogens is 365 g/mol. The molecule has 1 fully saturated rings. The predicted octanol–water partition coefficient (Wildman–Crippen LogP) is 3.65. The van der Waals surface area contributed by atoms with Gasteiger partial charge in [-0.25, -0.2) is 4.98 Å². The van der Waals surface area contributed by atoms with Crippen LogP contribution in [-0.2, 0) is 6.18 Å². The van der Waals surface area contributed by atoms with Crippen LogP contribution in [0.4, 0.5) is 18.9 Å². The number of anilines is 1. The number of alkyl halides is 3. The Balaban J connectivity index is 2.20. The second-order valence-corrected chi connectivity index (χ2v) is 6.63. The van der Waals surface area contributed by atoms with Gasteiger partial charge >= 0.3 is 6.18 Å². The van der Waals surface area contributed by atoms with Crippen LogP contribution >= 0.6 is 11.8 Å². The van der Waals surface area contributed by atoms with Gasteiger partial charge in [-0.05, 0) is 31.2 Å². The van der Waals surface area contributed by atoms with E-state index in [4.69, 9.17) is 0 Å². The van der Waals surface area contributed by atoms with Crippen LogP contribution in [0.15, 0.2) is 28.2 Å². The van der Waals surface area contributed by atoms with Crippen LogP contribution < -0.4 is 10.5 Å². The fourth-order valence-electron chi connectivity index (χ4n) is 3.01. The molecule has 2 heterocycles. The third-order valence-corrected chi connectivity index (χ3v) is 4.81. The molecule has 0 saturated carbocycles. The molecule has 1 aromatic heterocycles. The zero-order valence-corrected chi connectivity index (χ0v) is 14.7. The van der Waals surface area contributed by atoms with Gasteiger partial charge in [-0.2, -0.15) is 18.4 Å². The molecule has 0 spiro atoms. The molecule has 0 unspecified atom stereocenters. The van der Waals surface area contributed by atoms with Gasteiger partial charge in [0.2, 0.25) is 0 Å². The van der Waals surface area contributed by atoms with Crippen LogP contribution in [0.1, 0.15) is 24.0 Å². The summed E-state index contributed by atoms with van der Waals surface area (Å²) >= 11 is 1.14. The van der Waals surface area contributed by atoms with E-state index in [0.29, 0.717) is 13.1 Å². The molecule has 0 amide bonds. The Kier molecular flexibility index (Phi) is 4.96. The number of thioether (sulfide) groups is 1. The van der Waals surface area contributed by atoms with Gasteiger partial charge in [-0.15, -0.1) is 0 Å². The van der Waals surface area contributed by atoms with Gasteiger partial charge < -0.3 is 9.88 Å². The van der Waals surface area contributed by atoms with Crippen LogP contribution in [0.2, 0.25) is 0 Å². The second kappa shape index (κ2) is 7.03. The number of nitriles is 1. The van der Waals surface area contributed by atoms with Crippen molar-refractivity contribution in [2.45, 2.75) is 24.2 Å². The van der Waals surface area contributed by atoms with Gasteiger partial charge in [0.1, 0.15) is 11.6 Å². The number of H-pyrrole nitrogens is 1. The minimum absolute atomic E-state index is 0.0425. The van der Waals surface area contributed by atoms with E-state index in [-0.39, 0.29) is 27.7 Å². The minimum Gasteiger partial charge on any atom is -0.371 e. The van der Waals surface area contributed by atoms with Crippen LogP contribution in [0.5, 0.6) is 0 Å². The Morgan fingerprint density at radius 3 is 2.58 bits per heavy atom. The zero-order chi connectivity index (χ0) is 18.9. The molecule has 0 bridgehead atoms. The quantitative estimate of drug-likeness (QED) is 0.650. The Morgan fingerprint density at radius 1 is 1.31 bits per heavy atom. The fraction of sp³-hybridized carbons (Fsp3) is 0.353. The first-order valence-electron chi connectivity index (χ1n) is 7.90. The lowest BCUT2D eigenvalue weighted by Crippen LogP contribution is -2.22. The van der Waals surface area contributed by atoms with E-state index < -0.39 is 17.3 Å². The summed E-state index contributed by atoms with van der Waals surface area (Å²) in [5.74, 6) is 0.